The number of nitrogens with two attached hydrogens (primary N) is 1. The van der Waals surface area contributed by atoms with E-state index in [-0.39, 0.29) is 5.97 Å². The summed E-state index contributed by atoms with van der Waals surface area (Å²) in [5.74, 6) is -0.272. The third-order valence-electron chi connectivity index (χ3n) is 3.10. The number of benzene rings is 2. The second-order valence-corrected chi connectivity index (χ2v) is 4.66. The van der Waals surface area contributed by atoms with Crippen LogP contribution in [0.25, 0.3) is 11.1 Å². The fourth-order valence-electron chi connectivity index (χ4n) is 1.96. The summed E-state index contributed by atoms with van der Waals surface area (Å²) < 4.78 is 5.29. The normalized spacial score (nSPS) is 10.2. The molecule has 2 N–H and O–H groups in total. The minimum atomic E-state index is -0.272. The first kappa shape index (κ1) is 14.1. The standard InChI is InChI=1S/C17H19NO2/c1-2-3-12-20-17(19)16-7-5-4-6-15(16)13-8-10-14(18)11-9-13/h4-11H,2-3,12,18H2,1H3. The summed E-state index contributed by atoms with van der Waals surface area (Å²) in [5, 5.41) is 0. The summed E-state index contributed by atoms with van der Waals surface area (Å²) in [6.07, 6.45) is 1.89. The van der Waals surface area contributed by atoms with Crippen LogP contribution in [-0.4, -0.2) is 12.6 Å². The SMILES string of the molecule is CCCCOC(=O)c1ccccc1-c1ccc(N)cc1. The average Bonchev–Trinajstić information content (AvgIpc) is 2.48. The van der Waals surface area contributed by atoms with Crippen molar-refractivity contribution in [2.45, 2.75) is 19.8 Å². The lowest BCUT2D eigenvalue weighted by molar-refractivity contribution is 0.0500. The van der Waals surface area contributed by atoms with Crippen molar-refractivity contribution in [2.75, 3.05) is 12.3 Å². The number of hydrogen-bond acceptors (Lipinski definition) is 3. The van der Waals surface area contributed by atoms with Crippen molar-refractivity contribution in [1.29, 1.82) is 0 Å². The van der Waals surface area contributed by atoms with Crippen LogP contribution in [-0.2, 0) is 4.74 Å². The molecule has 0 radical (unpaired) electrons. The Morgan fingerprint density at radius 3 is 2.50 bits per heavy atom. The van der Waals surface area contributed by atoms with E-state index in [2.05, 4.69) is 6.92 Å². The van der Waals surface area contributed by atoms with Gasteiger partial charge in [0.25, 0.3) is 0 Å². The Balaban J connectivity index is 2.26. The molecule has 3 heteroatoms. The number of carbonyl (C=O) groups is 1. The van der Waals surface area contributed by atoms with Gasteiger partial charge >= 0.3 is 5.97 Å². The lowest BCUT2D eigenvalue weighted by atomic mass is 9.99. The van der Waals surface area contributed by atoms with Crippen molar-refractivity contribution in [3.63, 3.8) is 0 Å². The van der Waals surface area contributed by atoms with Crippen LogP contribution >= 0.6 is 0 Å². The Morgan fingerprint density at radius 1 is 1.10 bits per heavy atom. The van der Waals surface area contributed by atoms with E-state index in [4.69, 9.17) is 10.5 Å². The maximum atomic E-state index is 12.1. The average molecular weight is 269 g/mol. The van der Waals surface area contributed by atoms with Gasteiger partial charge in [0.2, 0.25) is 0 Å². The Bertz CT molecular complexity index is 576. The Kier molecular flexibility index (Phi) is 4.77. The first-order valence-electron chi connectivity index (χ1n) is 6.84. The smallest absolute Gasteiger partial charge is 0.338 e. The second-order valence-electron chi connectivity index (χ2n) is 4.66. The predicted octanol–water partition coefficient (Wildman–Crippen LogP) is 3.89. The Morgan fingerprint density at radius 2 is 1.80 bits per heavy atom. The highest BCUT2D eigenvalue weighted by atomic mass is 16.5. The zero-order valence-electron chi connectivity index (χ0n) is 11.6. The van der Waals surface area contributed by atoms with E-state index < -0.39 is 0 Å². The van der Waals surface area contributed by atoms with Crippen LogP contribution in [0.15, 0.2) is 48.5 Å². The van der Waals surface area contributed by atoms with Gasteiger partial charge in [-0.25, -0.2) is 4.79 Å². The first-order valence-corrected chi connectivity index (χ1v) is 6.84. The number of rotatable bonds is 5. The summed E-state index contributed by atoms with van der Waals surface area (Å²) >= 11 is 0. The Labute approximate surface area is 119 Å². The molecular formula is C17H19NO2. The highest BCUT2D eigenvalue weighted by molar-refractivity contribution is 5.97. The molecule has 0 aromatic heterocycles. The van der Waals surface area contributed by atoms with Crippen LogP contribution in [0.3, 0.4) is 0 Å². The van der Waals surface area contributed by atoms with Gasteiger partial charge in [0.1, 0.15) is 0 Å². The molecule has 0 aliphatic rings. The molecule has 0 saturated heterocycles. The molecule has 2 rings (SSSR count). The molecule has 0 unspecified atom stereocenters. The third kappa shape index (κ3) is 3.38. The molecule has 0 amide bonds. The molecule has 2 aromatic rings. The second kappa shape index (κ2) is 6.75. The van der Waals surface area contributed by atoms with Crippen molar-refractivity contribution in [3.8, 4) is 11.1 Å². The number of hydrogen-bond donors (Lipinski definition) is 1. The number of esters is 1. The van der Waals surface area contributed by atoms with Crippen molar-refractivity contribution in [3.05, 3.63) is 54.1 Å². The van der Waals surface area contributed by atoms with Crippen LogP contribution in [0.2, 0.25) is 0 Å². The van der Waals surface area contributed by atoms with Crippen LogP contribution < -0.4 is 5.73 Å². The molecule has 3 nitrogen and oxygen atoms in total. The molecular weight excluding hydrogens is 250 g/mol. The lowest BCUT2D eigenvalue weighted by Gasteiger charge is -2.10. The maximum absolute atomic E-state index is 12.1. The molecule has 0 spiro atoms. The third-order valence-corrected chi connectivity index (χ3v) is 3.10. The minimum absolute atomic E-state index is 0.272. The van der Waals surface area contributed by atoms with Crippen molar-refractivity contribution in [2.24, 2.45) is 0 Å². The van der Waals surface area contributed by atoms with Crippen molar-refractivity contribution in [1.82, 2.24) is 0 Å². The molecule has 0 bridgehead atoms. The largest absolute Gasteiger partial charge is 0.462 e. The number of ether oxygens (including phenoxy) is 1. The number of unbranched alkanes of at least 4 members (excludes halogenated alkanes) is 1. The fraction of sp³-hybridized carbons (Fsp3) is 0.235. The van der Waals surface area contributed by atoms with Gasteiger partial charge in [0.15, 0.2) is 0 Å². The first-order chi connectivity index (χ1) is 9.72. The summed E-state index contributed by atoms with van der Waals surface area (Å²) in [5.41, 5.74) is 8.82. The fourth-order valence-corrected chi connectivity index (χ4v) is 1.96. The summed E-state index contributed by atoms with van der Waals surface area (Å²) in [6.45, 7) is 2.53. The van der Waals surface area contributed by atoms with E-state index in [9.17, 15) is 4.79 Å². The van der Waals surface area contributed by atoms with Gasteiger partial charge in [0, 0.05) is 5.69 Å². The lowest BCUT2D eigenvalue weighted by Crippen LogP contribution is -2.07. The van der Waals surface area contributed by atoms with Gasteiger partial charge < -0.3 is 10.5 Å². The molecule has 0 fully saturated rings. The number of nitrogen functional groups attached to an aromatic ring is 1. The predicted molar refractivity (Wildman–Crippen MR) is 81.5 cm³/mol. The van der Waals surface area contributed by atoms with Gasteiger partial charge in [-0.3, -0.25) is 0 Å². The van der Waals surface area contributed by atoms with Gasteiger partial charge in [-0.2, -0.15) is 0 Å². The van der Waals surface area contributed by atoms with E-state index >= 15 is 0 Å². The maximum Gasteiger partial charge on any atom is 0.338 e. The minimum Gasteiger partial charge on any atom is -0.462 e. The quantitative estimate of drug-likeness (QED) is 0.509. The van der Waals surface area contributed by atoms with Gasteiger partial charge in [-0.15, -0.1) is 0 Å². The monoisotopic (exact) mass is 269 g/mol. The molecule has 0 heterocycles. The molecule has 20 heavy (non-hydrogen) atoms. The van der Waals surface area contributed by atoms with Crippen LogP contribution in [0.4, 0.5) is 5.69 Å². The van der Waals surface area contributed by atoms with Crippen molar-refractivity contribution < 1.29 is 9.53 Å². The highest BCUT2D eigenvalue weighted by Gasteiger charge is 2.13. The number of carbonyl (C=O) groups excluding carboxylic acids is 1. The topological polar surface area (TPSA) is 52.3 Å². The highest BCUT2D eigenvalue weighted by Crippen LogP contribution is 2.25. The van der Waals surface area contributed by atoms with E-state index in [1.54, 1.807) is 6.07 Å². The van der Waals surface area contributed by atoms with E-state index in [0.717, 1.165) is 24.0 Å². The molecule has 2 aromatic carbocycles. The van der Waals surface area contributed by atoms with E-state index in [0.29, 0.717) is 17.9 Å². The van der Waals surface area contributed by atoms with Crippen molar-refractivity contribution >= 4 is 11.7 Å². The van der Waals surface area contributed by atoms with E-state index in [1.165, 1.54) is 0 Å². The van der Waals surface area contributed by atoms with Gasteiger partial charge in [-0.05, 0) is 35.7 Å². The molecule has 0 aliphatic heterocycles. The molecule has 0 atom stereocenters. The molecule has 0 saturated carbocycles. The molecule has 104 valence electrons. The van der Waals surface area contributed by atoms with Gasteiger partial charge in [-0.1, -0.05) is 43.7 Å². The summed E-state index contributed by atoms with van der Waals surface area (Å²) in [4.78, 5) is 12.1. The van der Waals surface area contributed by atoms with Crippen LogP contribution in [0, 0.1) is 0 Å². The van der Waals surface area contributed by atoms with Crippen LogP contribution in [0.5, 0.6) is 0 Å². The summed E-state index contributed by atoms with van der Waals surface area (Å²) in [7, 11) is 0. The van der Waals surface area contributed by atoms with E-state index in [1.807, 2.05) is 42.5 Å². The van der Waals surface area contributed by atoms with Gasteiger partial charge in [0.05, 0.1) is 12.2 Å². The Hall–Kier alpha value is -2.29. The zero-order chi connectivity index (χ0) is 14.4. The molecule has 0 aliphatic carbocycles. The number of anilines is 1. The van der Waals surface area contributed by atoms with Crippen LogP contribution in [0.1, 0.15) is 30.1 Å². The zero-order valence-corrected chi connectivity index (χ0v) is 11.6. The summed E-state index contributed by atoms with van der Waals surface area (Å²) in [6, 6.07) is 14.9.